The number of benzene rings is 1. The molecular formula is C9H8ClF2NO4S. The number of aromatic carboxylic acids is 1. The second-order valence-corrected chi connectivity index (χ2v) is 5.28. The van der Waals surface area contributed by atoms with Gasteiger partial charge in [0.25, 0.3) is 0 Å². The van der Waals surface area contributed by atoms with Crippen LogP contribution < -0.4 is 4.72 Å². The summed E-state index contributed by atoms with van der Waals surface area (Å²) in [7, 11) is -4.28. The minimum absolute atomic E-state index is 0.0425. The average molecular weight is 300 g/mol. The fraction of sp³-hybridized carbons (Fsp3) is 0.222. The SMILES string of the molecule is CCNS(=O)(=O)c1cc(C(=O)O)c(F)c(Cl)c1F. The van der Waals surface area contributed by atoms with Gasteiger partial charge in [0.05, 0.1) is 5.56 Å². The summed E-state index contributed by atoms with van der Waals surface area (Å²) >= 11 is 5.23. The van der Waals surface area contributed by atoms with Gasteiger partial charge in [0.15, 0.2) is 11.6 Å². The van der Waals surface area contributed by atoms with Crippen LogP contribution in [0.15, 0.2) is 11.0 Å². The molecule has 0 aliphatic carbocycles. The molecule has 1 aromatic rings. The molecule has 0 atom stereocenters. The van der Waals surface area contributed by atoms with Gasteiger partial charge in [-0.3, -0.25) is 0 Å². The molecule has 0 amide bonds. The summed E-state index contributed by atoms with van der Waals surface area (Å²) in [5.74, 6) is -4.79. The molecule has 18 heavy (non-hydrogen) atoms. The Morgan fingerprint density at radius 1 is 1.44 bits per heavy atom. The van der Waals surface area contributed by atoms with E-state index in [9.17, 15) is 22.0 Å². The van der Waals surface area contributed by atoms with Crippen LogP contribution in [0.5, 0.6) is 0 Å². The summed E-state index contributed by atoms with van der Waals surface area (Å²) < 4.78 is 51.9. The number of hydrogen-bond donors (Lipinski definition) is 2. The van der Waals surface area contributed by atoms with Gasteiger partial charge in [-0.25, -0.2) is 26.7 Å². The number of sulfonamides is 1. The zero-order chi connectivity index (χ0) is 14.1. The van der Waals surface area contributed by atoms with Crippen molar-refractivity contribution < 1.29 is 27.1 Å². The first-order valence-corrected chi connectivity index (χ1v) is 6.49. The zero-order valence-electron chi connectivity index (χ0n) is 9.00. The van der Waals surface area contributed by atoms with Gasteiger partial charge < -0.3 is 5.11 Å². The maximum absolute atomic E-state index is 13.5. The lowest BCUT2D eigenvalue weighted by Gasteiger charge is -2.09. The summed E-state index contributed by atoms with van der Waals surface area (Å²) in [5.41, 5.74) is -1.02. The Balaban J connectivity index is 3.62. The molecule has 0 aliphatic heterocycles. The third-order valence-electron chi connectivity index (χ3n) is 1.97. The van der Waals surface area contributed by atoms with Crippen molar-refractivity contribution in [3.8, 4) is 0 Å². The van der Waals surface area contributed by atoms with Gasteiger partial charge in [0.2, 0.25) is 10.0 Å². The van der Waals surface area contributed by atoms with E-state index >= 15 is 0 Å². The first-order valence-electron chi connectivity index (χ1n) is 4.62. The molecule has 0 spiro atoms. The molecule has 0 saturated carbocycles. The lowest BCUT2D eigenvalue weighted by molar-refractivity contribution is 0.0691. The van der Waals surface area contributed by atoms with E-state index in [-0.39, 0.29) is 6.54 Å². The molecule has 0 radical (unpaired) electrons. The fourth-order valence-corrected chi connectivity index (χ4v) is 2.61. The molecule has 0 bridgehead atoms. The lowest BCUT2D eigenvalue weighted by Crippen LogP contribution is -2.25. The van der Waals surface area contributed by atoms with Crippen LogP contribution in [-0.2, 0) is 10.0 Å². The van der Waals surface area contributed by atoms with Crippen molar-refractivity contribution in [2.24, 2.45) is 0 Å². The smallest absolute Gasteiger partial charge is 0.338 e. The number of carboxylic acids is 1. The number of rotatable bonds is 4. The van der Waals surface area contributed by atoms with Crippen LogP contribution in [0.1, 0.15) is 17.3 Å². The average Bonchev–Trinajstić information content (AvgIpc) is 2.25. The molecule has 1 rings (SSSR count). The summed E-state index contributed by atoms with van der Waals surface area (Å²) in [6.45, 7) is 1.40. The van der Waals surface area contributed by atoms with Gasteiger partial charge in [-0.1, -0.05) is 18.5 Å². The Morgan fingerprint density at radius 2 is 2.00 bits per heavy atom. The number of nitrogens with one attached hydrogen (secondary N) is 1. The molecule has 100 valence electrons. The van der Waals surface area contributed by atoms with Crippen molar-refractivity contribution >= 4 is 27.6 Å². The van der Waals surface area contributed by atoms with E-state index < -0.39 is 43.1 Å². The largest absolute Gasteiger partial charge is 0.478 e. The van der Waals surface area contributed by atoms with Crippen LogP contribution in [0, 0.1) is 11.6 Å². The van der Waals surface area contributed by atoms with Crippen LogP contribution in [-0.4, -0.2) is 26.0 Å². The molecule has 2 N–H and O–H groups in total. The Labute approximate surface area is 106 Å². The Bertz CT molecular complexity index is 603. The van der Waals surface area contributed by atoms with Crippen LogP contribution in [0.25, 0.3) is 0 Å². The normalized spacial score (nSPS) is 11.6. The van der Waals surface area contributed by atoms with Crippen LogP contribution in [0.3, 0.4) is 0 Å². The third kappa shape index (κ3) is 2.60. The van der Waals surface area contributed by atoms with Crippen LogP contribution in [0.4, 0.5) is 8.78 Å². The van der Waals surface area contributed by atoms with Gasteiger partial charge >= 0.3 is 5.97 Å². The van der Waals surface area contributed by atoms with Crippen LogP contribution in [0.2, 0.25) is 5.02 Å². The van der Waals surface area contributed by atoms with E-state index in [1.54, 1.807) is 0 Å². The van der Waals surface area contributed by atoms with Crippen molar-refractivity contribution in [3.05, 3.63) is 28.3 Å². The van der Waals surface area contributed by atoms with Crippen molar-refractivity contribution in [1.82, 2.24) is 4.72 Å². The molecule has 1 aromatic carbocycles. The molecule has 0 unspecified atom stereocenters. The van der Waals surface area contributed by atoms with E-state index in [0.717, 1.165) is 0 Å². The maximum atomic E-state index is 13.5. The monoisotopic (exact) mass is 299 g/mol. The first-order chi connectivity index (χ1) is 8.22. The highest BCUT2D eigenvalue weighted by Crippen LogP contribution is 2.28. The van der Waals surface area contributed by atoms with E-state index in [2.05, 4.69) is 0 Å². The van der Waals surface area contributed by atoms with Gasteiger partial charge in [-0.2, -0.15) is 0 Å². The second kappa shape index (κ2) is 5.17. The number of carboxylic acid groups (broad SMARTS) is 1. The quantitative estimate of drug-likeness (QED) is 0.828. The van der Waals surface area contributed by atoms with Crippen molar-refractivity contribution in [3.63, 3.8) is 0 Å². The van der Waals surface area contributed by atoms with Gasteiger partial charge in [0.1, 0.15) is 9.92 Å². The number of hydrogen-bond acceptors (Lipinski definition) is 3. The second-order valence-electron chi connectivity index (χ2n) is 3.17. The van der Waals surface area contributed by atoms with Crippen molar-refractivity contribution in [2.45, 2.75) is 11.8 Å². The van der Waals surface area contributed by atoms with Crippen LogP contribution >= 0.6 is 11.6 Å². The Morgan fingerprint density at radius 3 is 2.44 bits per heavy atom. The standard InChI is InChI=1S/C9H8ClF2NO4S/c1-2-13-18(16,17)5-3-4(9(14)15)7(11)6(10)8(5)12/h3,13H,2H2,1H3,(H,14,15). The third-order valence-corrected chi connectivity index (χ3v) is 3.84. The summed E-state index contributed by atoms with van der Waals surface area (Å²) in [4.78, 5) is 9.68. The van der Waals surface area contributed by atoms with E-state index in [0.29, 0.717) is 6.07 Å². The predicted molar refractivity (Wildman–Crippen MR) is 59.2 cm³/mol. The molecule has 0 aliphatic rings. The molecule has 0 fully saturated rings. The summed E-state index contributed by atoms with van der Waals surface area (Å²) in [5, 5.41) is 7.49. The molecule has 0 aromatic heterocycles. The minimum atomic E-state index is -4.28. The van der Waals surface area contributed by atoms with E-state index in [4.69, 9.17) is 16.7 Å². The van der Waals surface area contributed by atoms with Gasteiger partial charge in [-0.15, -0.1) is 0 Å². The van der Waals surface area contributed by atoms with E-state index in [1.165, 1.54) is 6.92 Å². The Kier molecular flexibility index (Phi) is 4.25. The molecule has 5 nitrogen and oxygen atoms in total. The fourth-order valence-electron chi connectivity index (χ4n) is 1.20. The first kappa shape index (κ1) is 14.8. The molecular weight excluding hydrogens is 292 g/mol. The van der Waals surface area contributed by atoms with E-state index in [1.807, 2.05) is 4.72 Å². The predicted octanol–water partition coefficient (Wildman–Crippen LogP) is 1.61. The summed E-state index contributed by atoms with van der Waals surface area (Å²) in [6, 6.07) is 0.386. The maximum Gasteiger partial charge on any atom is 0.338 e. The number of halogens is 3. The molecule has 0 heterocycles. The highest BCUT2D eigenvalue weighted by molar-refractivity contribution is 7.89. The van der Waals surface area contributed by atoms with Crippen molar-refractivity contribution in [1.29, 1.82) is 0 Å². The zero-order valence-corrected chi connectivity index (χ0v) is 10.6. The lowest BCUT2D eigenvalue weighted by atomic mass is 10.2. The highest BCUT2D eigenvalue weighted by Gasteiger charge is 2.27. The summed E-state index contributed by atoms with van der Waals surface area (Å²) in [6.07, 6.45) is 0. The molecule has 9 heteroatoms. The van der Waals surface area contributed by atoms with Gasteiger partial charge in [-0.05, 0) is 6.07 Å². The van der Waals surface area contributed by atoms with Gasteiger partial charge in [0, 0.05) is 6.54 Å². The molecule has 0 saturated heterocycles. The highest BCUT2D eigenvalue weighted by atomic mass is 35.5. The Hall–Kier alpha value is -1.25. The minimum Gasteiger partial charge on any atom is -0.478 e. The van der Waals surface area contributed by atoms with Crippen molar-refractivity contribution in [2.75, 3.05) is 6.54 Å². The number of carbonyl (C=O) groups is 1. The topological polar surface area (TPSA) is 83.5 Å².